The van der Waals surface area contributed by atoms with Crippen molar-refractivity contribution in [2.75, 3.05) is 13.7 Å². The van der Waals surface area contributed by atoms with E-state index in [-0.39, 0.29) is 6.61 Å². The average Bonchev–Trinajstić information content (AvgIpc) is 2.29. The molecular formula is C12H14O3. The summed E-state index contributed by atoms with van der Waals surface area (Å²) >= 11 is 0. The molecule has 1 aromatic carbocycles. The van der Waals surface area contributed by atoms with Crippen LogP contribution < -0.4 is 9.47 Å². The van der Waals surface area contributed by atoms with Crippen molar-refractivity contribution < 1.29 is 14.6 Å². The van der Waals surface area contributed by atoms with E-state index in [1.165, 1.54) is 0 Å². The van der Waals surface area contributed by atoms with E-state index in [1.807, 2.05) is 0 Å². The van der Waals surface area contributed by atoms with Gasteiger partial charge in [0.15, 0.2) is 0 Å². The standard InChI is InChI=1S/C12H14O3/c1-3-4-7-15-12-6-5-11(14-2)8-10(12)9-13/h1,5-6,8,13H,4,7,9H2,2H3. The normalized spacial score (nSPS) is 9.40. The highest BCUT2D eigenvalue weighted by molar-refractivity contribution is 5.39. The van der Waals surface area contributed by atoms with Crippen molar-refractivity contribution >= 4 is 0 Å². The highest BCUT2D eigenvalue weighted by Gasteiger charge is 2.04. The Bertz CT molecular complexity index is 352. The Kier molecular flexibility index (Phi) is 4.52. The summed E-state index contributed by atoms with van der Waals surface area (Å²) in [5.74, 6) is 3.83. The second kappa shape index (κ2) is 5.94. The number of rotatable bonds is 5. The summed E-state index contributed by atoms with van der Waals surface area (Å²) in [6.07, 6.45) is 5.66. The van der Waals surface area contributed by atoms with E-state index in [9.17, 15) is 0 Å². The van der Waals surface area contributed by atoms with Gasteiger partial charge < -0.3 is 14.6 Å². The second-order valence-corrected chi connectivity index (χ2v) is 2.93. The first-order chi connectivity index (χ1) is 7.31. The topological polar surface area (TPSA) is 38.7 Å². The summed E-state index contributed by atoms with van der Waals surface area (Å²) in [4.78, 5) is 0. The zero-order valence-corrected chi connectivity index (χ0v) is 8.69. The monoisotopic (exact) mass is 206 g/mol. The first kappa shape index (κ1) is 11.4. The van der Waals surface area contributed by atoms with E-state index < -0.39 is 0 Å². The zero-order valence-electron chi connectivity index (χ0n) is 8.69. The van der Waals surface area contributed by atoms with Crippen LogP contribution in [-0.2, 0) is 6.61 Å². The average molecular weight is 206 g/mol. The lowest BCUT2D eigenvalue weighted by Gasteiger charge is -2.10. The molecule has 0 aromatic heterocycles. The summed E-state index contributed by atoms with van der Waals surface area (Å²) in [5.41, 5.74) is 0.700. The number of benzene rings is 1. The largest absolute Gasteiger partial charge is 0.497 e. The van der Waals surface area contributed by atoms with Crippen LogP contribution in [0.3, 0.4) is 0 Å². The molecule has 80 valence electrons. The van der Waals surface area contributed by atoms with Crippen molar-refractivity contribution in [2.24, 2.45) is 0 Å². The summed E-state index contributed by atoms with van der Waals surface area (Å²) in [7, 11) is 1.58. The molecule has 3 nitrogen and oxygen atoms in total. The molecule has 0 heterocycles. The van der Waals surface area contributed by atoms with Crippen LogP contribution >= 0.6 is 0 Å². The molecule has 0 aliphatic rings. The molecule has 1 N–H and O–H groups in total. The van der Waals surface area contributed by atoms with Crippen LogP contribution in [0, 0.1) is 12.3 Å². The van der Waals surface area contributed by atoms with E-state index in [0.29, 0.717) is 30.1 Å². The van der Waals surface area contributed by atoms with Crippen molar-refractivity contribution in [2.45, 2.75) is 13.0 Å². The lowest BCUT2D eigenvalue weighted by molar-refractivity contribution is 0.263. The molecule has 3 heteroatoms. The molecule has 0 saturated carbocycles. The Labute approximate surface area is 89.6 Å². The van der Waals surface area contributed by atoms with Gasteiger partial charge in [-0.2, -0.15) is 0 Å². The molecule has 0 amide bonds. The summed E-state index contributed by atoms with van der Waals surface area (Å²) in [6.45, 7) is 0.373. The molecular weight excluding hydrogens is 192 g/mol. The lowest BCUT2D eigenvalue weighted by Crippen LogP contribution is -1.99. The third-order valence-electron chi connectivity index (χ3n) is 1.94. The maximum Gasteiger partial charge on any atom is 0.125 e. The van der Waals surface area contributed by atoms with E-state index in [4.69, 9.17) is 21.0 Å². The number of aliphatic hydroxyl groups excluding tert-OH is 1. The molecule has 15 heavy (non-hydrogen) atoms. The zero-order chi connectivity index (χ0) is 11.1. The van der Waals surface area contributed by atoms with Crippen LogP contribution in [0.1, 0.15) is 12.0 Å². The Balaban J connectivity index is 2.74. The molecule has 0 aliphatic carbocycles. The molecule has 0 saturated heterocycles. The van der Waals surface area contributed by atoms with Gasteiger partial charge in [-0.15, -0.1) is 12.3 Å². The Morgan fingerprint density at radius 2 is 2.27 bits per heavy atom. The van der Waals surface area contributed by atoms with Gasteiger partial charge in [0.2, 0.25) is 0 Å². The summed E-state index contributed by atoms with van der Waals surface area (Å²) in [6, 6.07) is 5.29. The smallest absolute Gasteiger partial charge is 0.125 e. The van der Waals surface area contributed by atoms with Gasteiger partial charge in [-0.1, -0.05) is 0 Å². The molecule has 1 aromatic rings. The number of hydrogen-bond donors (Lipinski definition) is 1. The first-order valence-electron chi connectivity index (χ1n) is 4.66. The number of methoxy groups -OCH3 is 1. The van der Waals surface area contributed by atoms with Crippen LogP contribution in [0.4, 0.5) is 0 Å². The van der Waals surface area contributed by atoms with Crippen LogP contribution in [0.25, 0.3) is 0 Å². The Morgan fingerprint density at radius 3 is 2.87 bits per heavy atom. The van der Waals surface area contributed by atoms with Gasteiger partial charge in [-0.05, 0) is 18.2 Å². The first-order valence-corrected chi connectivity index (χ1v) is 4.66. The number of hydrogen-bond acceptors (Lipinski definition) is 3. The number of aliphatic hydroxyl groups is 1. The fourth-order valence-electron chi connectivity index (χ4n) is 1.17. The molecule has 0 spiro atoms. The maximum atomic E-state index is 9.12. The fourth-order valence-corrected chi connectivity index (χ4v) is 1.17. The minimum atomic E-state index is -0.0808. The third-order valence-corrected chi connectivity index (χ3v) is 1.94. The summed E-state index contributed by atoms with van der Waals surface area (Å²) < 4.78 is 10.4. The third kappa shape index (κ3) is 3.19. The van der Waals surface area contributed by atoms with Crippen molar-refractivity contribution in [3.63, 3.8) is 0 Å². The van der Waals surface area contributed by atoms with Gasteiger partial charge in [0, 0.05) is 12.0 Å². The van der Waals surface area contributed by atoms with Crippen LogP contribution in [0.5, 0.6) is 11.5 Å². The van der Waals surface area contributed by atoms with E-state index >= 15 is 0 Å². The van der Waals surface area contributed by atoms with Crippen LogP contribution in [0.15, 0.2) is 18.2 Å². The van der Waals surface area contributed by atoms with Crippen LogP contribution in [0.2, 0.25) is 0 Å². The second-order valence-electron chi connectivity index (χ2n) is 2.93. The van der Waals surface area contributed by atoms with E-state index in [1.54, 1.807) is 25.3 Å². The SMILES string of the molecule is C#CCCOc1ccc(OC)cc1CO. The van der Waals surface area contributed by atoms with Gasteiger partial charge in [-0.25, -0.2) is 0 Å². The highest BCUT2D eigenvalue weighted by Crippen LogP contribution is 2.24. The molecule has 0 aliphatic heterocycles. The van der Waals surface area contributed by atoms with Gasteiger partial charge in [0.25, 0.3) is 0 Å². The number of terminal acetylenes is 1. The van der Waals surface area contributed by atoms with Crippen molar-refractivity contribution in [1.29, 1.82) is 0 Å². The molecule has 0 bridgehead atoms. The summed E-state index contributed by atoms with van der Waals surface area (Å²) in [5, 5.41) is 9.12. The molecule has 1 rings (SSSR count). The Morgan fingerprint density at radius 1 is 1.47 bits per heavy atom. The van der Waals surface area contributed by atoms with Crippen molar-refractivity contribution in [3.8, 4) is 23.8 Å². The molecule has 0 unspecified atom stereocenters. The van der Waals surface area contributed by atoms with Gasteiger partial charge >= 0.3 is 0 Å². The van der Waals surface area contributed by atoms with Gasteiger partial charge in [-0.3, -0.25) is 0 Å². The van der Waals surface area contributed by atoms with E-state index in [2.05, 4.69) is 5.92 Å². The van der Waals surface area contributed by atoms with Gasteiger partial charge in [0.05, 0.1) is 20.3 Å². The predicted molar refractivity (Wildman–Crippen MR) is 57.9 cm³/mol. The Hall–Kier alpha value is -1.66. The fraction of sp³-hybridized carbons (Fsp3) is 0.333. The molecule has 0 atom stereocenters. The quantitative estimate of drug-likeness (QED) is 0.587. The molecule has 0 radical (unpaired) electrons. The number of ether oxygens (including phenoxy) is 2. The maximum absolute atomic E-state index is 9.12. The van der Waals surface area contributed by atoms with Crippen LogP contribution in [-0.4, -0.2) is 18.8 Å². The highest BCUT2D eigenvalue weighted by atomic mass is 16.5. The van der Waals surface area contributed by atoms with Crippen molar-refractivity contribution in [1.82, 2.24) is 0 Å². The van der Waals surface area contributed by atoms with Gasteiger partial charge in [0.1, 0.15) is 11.5 Å². The predicted octanol–water partition coefficient (Wildman–Crippen LogP) is 1.59. The minimum Gasteiger partial charge on any atom is -0.497 e. The van der Waals surface area contributed by atoms with E-state index in [0.717, 1.165) is 0 Å². The minimum absolute atomic E-state index is 0.0808. The van der Waals surface area contributed by atoms with Crippen molar-refractivity contribution in [3.05, 3.63) is 23.8 Å². The lowest BCUT2D eigenvalue weighted by atomic mass is 10.2. The molecule has 0 fully saturated rings.